The first-order valence-electron chi connectivity index (χ1n) is 10.5. The molecular weight excluding hydrogens is 423 g/mol. The number of rotatable bonds is 6. The van der Waals surface area contributed by atoms with E-state index in [1.54, 1.807) is 52.3 Å². The van der Waals surface area contributed by atoms with Gasteiger partial charge in [-0.3, -0.25) is 14.5 Å². The SMILES string of the molecule is Cn1cc(-c2cc(Oc3ccc4c(c3)C(=O)N(CCc3cccc(F)c3)CO4)ccn2)cn1. The molecule has 1 aliphatic heterocycles. The number of aromatic nitrogens is 3. The molecule has 0 spiro atoms. The number of amides is 1. The van der Waals surface area contributed by atoms with Crippen molar-refractivity contribution < 1.29 is 18.7 Å². The highest BCUT2D eigenvalue weighted by atomic mass is 19.1. The van der Waals surface area contributed by atoms with E-state index < -0.39 is 0 Å². The maximum absolute atomic E-state index is 13.4. The van der Waals surface area contributed by atoms with Crippen LogP contribution < -0.4 is 9.47 Å². The van der Waals surface area contributed by atoms with Gasteiger partial charge in [-0.15, -0.1) is 0 Å². The van der Waals surface area contributed by atoms with Crippen LogP contribution in [0.15, 0.2) is 73.2 Å². The van der Waals surface area contributed by atoms with Crippen LogP contribution in [0.1, 0.15) is 15.9 Å². The molecule has 1 amide bonds. The lowest BCUT2D eigenvalue weighted by Gasteiger charge is -2.29. The molecule has 0 fully saturated rings. The fourth-order valence-electron chi connectivity index (χ4n) is 3.69. The average Bonchev–Trinajstić information content (AvgIpc) is 3.26. The Bertz CT molecular complexity index is 1320. The summed E-state index contributed by atoms with van der Waals surface area (Å²) in [6.07, 6.45) is 5.81. The zero-order chi connectivity index (χ0) is 22.8. The Balaban J connectivity index is 1.31. The summed E-state index contributed by atoms with van der Waals surface area (Å²) in [6.45, 7) is 0.575. The van der Waals surface area contributed by atoms with Crippen LogP contribution >= 0.6 is 0 Å². The molecule has 5 rings (SSSR count). The van der Waals surface area contributed by atoms with Crippen molar-refractivity contribution in [1.29, 1.82) is 0 Å². The molecule has 4 aromatic rings. The monoisotopic (exact) mass is 444 g/mol. The van der Waals surface area contributed by atoms with Crippen LogP contribution in [0.4, 0.5) is 4.39 Å². The summed E-state index contributed by atoms with van der Waals surface area (Å²) in [5.74, 6) is 1.18. The molecule has 2 aromatic heterocycles. The second-order valence-corrected chi connectivity index (χ2v) is 7.76. The molecule has 166 valence electrons. The number of carbonyl (C=O) groups excluding carboxylic acids is 1. The average molecular weight is 444 g/mol. The van der Waals surface area contributed by atoms with Gasteiger partial charge >= 0.3 is 0 Å². The summed E-state index contributed by atoms with van der Waals surface area (Å²) < 4.78 is 26.9. The largest absolute Gasteiger partial charge is 0.472 e. The number of nitrogens with zero attached hydrogens (tertiary/aromatic N) is 4. The van der Waals surface area contributed by atoms with E-state index in [2.05, 4.69) is 10.1 Å². The van der Waals surface area contributed by atoms with Crippen LogP contribution in [0, 0.1) is 5.82 Å². The van der Waals surface area contributed by atoms with E-state index in [1.807, 2.05) is 25.4 Å². The molecule has 0 saturated carbocycles. The molecule has 0 radical (unpaired) electrons. The predicted octanol–water partition coefficient (Wildman–Crippen LogP) is 4.45. The van der Waals surface area contributed by atoms with Gasteiger partial charge in [0.25, 0.3) is 5.91 Å². The molecule has 0 atom stereocenters. The fourth-order valence-corrected chi connectivity index (χ4v) is 3.69. The number of ether oxygens (including phenoxy) is 2. The van der Waals surface area contributed by atoms with E-state index in [-0.39, 0.29) is 18.5 Å². The molecule has 33 heavy (non-hydrogen) atoms. The molecule has 0 bridgehead atoms. The number of hydrogen-bond acceptors (Lipinski definition) is 5. The molecule has 0 saturated heterocycles. The molecule has 0 N–H and O–H groups in total. The van der Waals surface area contributed by atoms with Gasteiger partial charge in [-0.1, -0.05) is 12.1 Å². The number of pyridine rings is 1. The normalized spacial score (nSPS) is 12.9. The van der Waals surface area contributed by atoms with Gasteiger partial charge in [0, 0.05) is 37.6 Å². The Hall–Kier alpha value is -4.20. The highest BCUT2D eigenvalue weighted by Gasteiger charge is 2.26. The number of aryl methyl sites for hydroxylation is 1. The molecule has 0 aliphatic carbocycles. The van der Waals surface area contributed by atoms with Crippen molar-refractivity contribution >= 4 is 5.91 Å². The van der Waals surface area contributed by atoms with Gasteiger partial charge in [-0.2, -0.15) is 5.10 Å². The van der Waals surface area contributed by atoms with Crippen molar-refractivity contribution in [2.75, 3.05) is 13.3 Å². The molecule has 2 aromatic carbocycles. The van der Waals surface area contributed by atoms with Crippen LogP contribution in [-0.4, -0.2) is 38.8 Å². The molecule has 3 heterocycles. The Kier molecular flexibility index (Phi) is 5.48. The zero-order valence-corrected chi connectivity index (χ0v) is 17.9. The van der Waals surface area contributed by atoms with Gasteiger partial charge in [0.1, 0.15) is 23.1 Å². The summed E-state index contributed by atoms with van der Waals surface area (Å²) in [7, 11) is 1.84. The summed E-state index contributed by atoms with van der Waals surface area (Å²) in [5.41, 5.74) is 2.87. The third-order valence-corrected chi connectivity index (χ3v) is 5.37. The second kappa shape index (κ2) is 8.74. The maximum Gasteiger partial charge on any atom is 0.260 e. The van der Waals surface area contributed by atoms with Crippen LogP contribution in [0.5, 0.6) is 17.2 Å². The number of fused-ring (bicyclic) bond motifs is 1. The molecule has 0 unspecified atom stereocenters. The summed E-state index contributed by atoms with van der Waals surface area (Å²) in [4.78, 5) is 19.0. The Morgan fingerprint density at radius 1 is 1.12 bits per heavy atom. The lowest BCUT2D eigenvalue weighted by molar-refractivity contribution is 0.0524. The molecule has 7 nitrogen and oxygen atoms in total. The molecule has 1 aliphatic rings. The van der Waals surface area contributed by atoms with Crippen LogP contribution in [0.25, 0.3) is 11.3 Å². The predicted molar refractivity (Wildman–Crippen MR) is 120 cm³/mol. The lowest BCUT2D eigenvalue weighted by atomic mass is 10.1. The minimum absolute atomic E-state index is 0.149. The Labute approximate surface area is 190 Å². The minimum atomic E-state index is -0.288. The molecule has 8 heteroatoms. The Morgan fingerprint density at radius 3 is 2.82 bits per heavy atom. The van der Waals surface area contributed by atoms with Gasteiger partial charge in [-0.05, 0) is 48.4 Å². The van der Waals surface area contributed by atoms with E-state index in [0.717, 1.165) is 16.8 Å². The zero-order valence-electron chi connectivity index (χ0n) is 17.9. The van der Waals surface area contributed by atoms with Gasteiger partial charge in [-0.25, -0.2) is 4.39 Å². The van der Waals surface area contributed by atoms with Gasteiger partial charge in [0.05, 0.1) is 17.5 Å². The first-order valence-corrected chi connectivity index (χ1v) is 10.5. The first kappa shape index (κ1) is 20.7. The van der Waals surface area contributed by atoms with Gasteiger partial charge < -0.3 is 14.4 Å². The second-order valence-electron chi connectivity index (χ2n) is 7.76. The topological polar surface area (TPSA) is 69.5 Å². The van der Waals surface area contributed by atoms with Crippen molar-refractivity contribution in [3.63, 3.8) is 0 Å². The summed E-state index contributed by atoms with van der Waals surface area (Å²) >= 11 is 0. The highest BCUT2D eigenvalue weighted by molar-refractivity contribution is 5.98. The summed E-state index contributed by atoms with van der Waals surface area (Å²) in [6, 6.07) is 15.1. The van der Waals surface area contributed by atoms with E-state index in [4.69, 9.17) is 9.47 Å². The van der Waals surface area contributed by atoms with Crippen LogP contribution in [0.3, 0.4) is 0 Å². The lowest BCUT2D eigenvalue weighted by Crippen LogP contribution is -2.39. The van der Waals surface area contributed by atoms with E-state index in [0.29, 0.717) is 35.8 Å². The number of carbonyl (C=O) groups is 1. The van der Waals surface area contributed by atoms with Crippen molar-refractivity contribution in [2.24, 2.45) is 7.05 Å². The van der Waals surface area contributed by atoms with Gasteiger partial charge in [0.15, 0.2) is 6.73 Å². The van der Waals surface area contributed by atoms with E-state index in [9.17, 15) is 9.18 Å². The first-order chi connectivity index (χ1) is 16.0. The van der Waals surface area contributed by atoms with Crippen LogP contribution in [-0.2, 0) is 13.5 Å². The number of hydrogen-bond donors (Lipinski definition) is 0. The van der Waals surface area contributed by atoms with Crippen molar-refractivity contribution in [1.82, 2.24) is 19.7 Å². The minimum Gasteiger partial charge on any atom is -0.472 e. The van der Waals surface area contributed by atoms with Crippen molar-refractivity contribution in [2.45, 2.75) is 6.42 Å². The third kappa shape index (κ3) is 4.55. The standard InChI is InChI=1S/C25H21FN4O3/c1-29-15-18(14-28-29)23-13-21(7-9-27-23)33-20-5-6-24-22(12-20)25(31)30(16-32-24)10-8-17-3-2-4-19(26)11-17/h2-7,9,11-15H,8,10,16H2,1H3. The molecular formula is C25H21FN4O3. The van der Waals surface area contributed by atoms with E-state index in [1.165, 1.54) is 12.1 Å². The van der Waals surface area contributed by atoms with Crippen LogP contribution in [0.2, 0.25) is 0 Å². The highest BCUT2D eigenvalue weighted by Crippen LogP contribution is 2.32. The van der Waals surface area contributed by atoms with E-state index >= 15 is 0 Å². The van der Waals surface area contributed by atoms with Crippen molar-refractivity contribution in [3.8, 4) is 28.5 Å². The summed E-state index contributed by atoms with van der Waals surface area (Å²) in [5, 5.41) is 4.17. The van der Waals surface area contributed by atoms with Gasteiger partial charge in [0.2, 0.25) is 0 Å². The van der Waals surface area contributed by atoms with Crippen molar-refractivity contribution in [3.05, 3.63) is 90.1 Å². The Morgan fingerprint density at radius 2 is 2.00 bits per heavy atom. The quantitative estimate of drug-likeness (QED) is 0.440. The number of benzene rings is 2. The third-order valence-electron chi connectivity index (χ3n) is 5.37. The number of halogens is 1. The fraction of sp³-hybridized carbons (Fsp3) is 0.160. The maximum atomic E-state index is 13.4. The smallest absolute Gasteiger partial charge is 0.260 e.